The number of aryl methyl sites for hydroxylation is 1. The zero-order valence-electron chi connectivity index (χ0n) is 31.5. The summed E-state index contributed by atoms with van der Waals surface area (Å²) in [7, 11) is 0. The van der Waals surface area contributed by atoms with Crippen molar-refractivity contribution in [2.75, 3.05) is 28.6 Å². The SMILES string of the molecule is Nc1nnc(-c2ccccc2O)cc1N1CC2CCC(C1)N2c1ncc(CC(=O)CCCCCc2ccc3c(c2)c2cccnc2n3C2CCC(=O)NC2=O)cn1. The van der Waals surface area contributed by atoms with E-state index in [1.54, 1.807) is 30.7 Å². The van der Waals surface area contributed by atoms with Crippen LogP contribution in [0.2, 0.25) is 0 Å². The molecule has 4 aromatic heterocycles. The van der Waals surface area contributed by atoms with E-state index in [1.165, 1.54) is 5.56 Å². The maximum absolute atomic E-state index is 13.0. The van der Waals surface area contributed by atoms with Crippen molar-refractivity contribution in [2.24, 2.45) is 0 Å². The summed E-state index contributed by atoms with van der Waals surface area (Å²) >= 11 is 0. The molecule has 3 aliphatic heterocycles. The number of aromatic nitrogens is 6. The van der Waals surface area contributed by atoms with Crippen molar-refractivity contribution in [1.29, 1.82) is 0 Å². The third-order valence-electron chi connectivity index (χ3n) is 11.7. The second kappa shape index (κ2) is 15.2. The van der Waals surface area contributed by atoms with Gasteiger partial charge in [-0.1, -0.05) is 24.6 Å². The van der Waals surface area contributed by atoms with Crippen molar-refractivity contribution in [1.82, 2.24) is 35.0 Å². The molecule has 2 amide bonds. The number of aromatic hydroxyl groups is 1. The zero-order valence-corrected chi connectivity index (χ0v) is 31.5. The van der Waals surface area contributed by atoms with Crippen molar-refractivity contribution in [3.05, 3.63) is 90.4 Å². The number of hydrogen-bond acceptors (Lipinski definition) is 12. The number of fused-ring (bicyclic) bond motifs is 5. The average Bonchev–Trinajstić information content (AvgIpc) is 3.68. The minimum Gasteiger partial charge on any atom is -0.507 e. The molecule has 4 N–H and O–H groups in total. The third kappa shape index (κ3) is 7.11. The van der Waals surface area contributed by atoms with E-state index >= 15 is 0 Å². The number of hydrogen-bond donors (Lipinski definition) is 3. The van der Waals surface area contributed by atoms with Crippen molar-refractivity contribution in [2.45, 2.75) is 82.3 Å². The van der Waals surface area contributed by atoms with Gasteiger partial charge >= 0.3 is 0 Å². The predicted molar refractivity (Wildman–Crippen MR) is 217 cm³/mol. The van der Waals surface area contributed by atoms with E-state index in [0.29, 0.717) is 48.7 Å². The first-order valence-electron chi connectivity index (χ1n) is 19.8. The lowest BCUT2D eigenvalue weighted by Gasteiger charge is -2.42. The molecular formula is C43H44N10O4. The molecule has 3 unspecified atom stereocenters. The summed E-state index contributed by atoms with van der Waals surface area (Å²) in [6, 6.07) is 19.2. The van der Waals surface area contributed by atoms with Crippen LogP contribution in [0.3, 0.4) is 0 Å². The van der Waals surface area contributed by atoms with Crippen LogP contribution in [0, 0.1) is 0 Å². The molecule has 3 fully saturated rings. The van der Waals surface area contributed by atoms with Gasteiger partial charge in [0.25, 0.3) is 0 Å². The zero-order chi connectivity index (χ0) is 39.0. The standard InChI is InChI=1S/C43H44N10O4/c44-40-37(21-34(49-50-40)32-9-4-5-11-38(32)55)51-24-28-13-14-29(25-51)52(28)43-46-22-27(23-47-43)19-30(54)8-3-1-2-7-26-12-15-35-33(20-26)31-10-6-18-45-41(31)53(35)36-16-17-39(56)48-42(36)57/h4-6,9-12,15,18,20-23,28-29,36,55H,1-3,7-8,13-14,16-17,19,24-25H2,(H2,44,50)(H,48,56,57). The van der Waals surface area contributed by atoms with Gasteiger partial charge in [0, 0.05) is 79.4 Å². The van der Waals surface area contributed by atoms with E-state index in [1.807, 2.05) is 34.9 Å². The van der Waals surface area contributed by atoms with Crippen LogP contribution in [-0.4, -0.2) is 77.6 Å². The summed E-state index contributed by atoms with van der Waals surface area (Å²) in [4.78, 5) is 56.2. The van der Waals surface area contributed by atoms with E-state index in [4.69, 9.17) is 15.7 Å². The number of Topliss-reactive ketones (excluding diaryl/α,β-unsaturated/α-hetero) is 1. The van der Waals surface area contributed by atoms with Crippen molar-refractivity contribution >= 4 is 57.0 Å². The number of unbranched alkanes of at least 4 members (excludes halogenated alkanes) is 2. The molecule has 3 saturated heterocycles. The van der Waals surface area contributed by atoms with Crippen LogP contribution in [0.4, 0.5) is 17.5 Å². The highest BCUT2D eigenvalue weighted by molar-refractivity contribution is 6.09. The smallest absolute Gasteiger partial charge is 0.249 e. The Hall–Kier alpha value is -6.44. The molecule has 2 bridgehead atoms. The quantitative estimate of drug-likeness (QED) is 0.106. The molecule has 0 aliphatic carbocycles. The summed E-state index contributed by atoms with van der Waals surface area (Å²) in [5.41, 5.74) is 12.0. The molecule has 2 aromatic carbocycles. The van der Waals surface area contributed by atoms with Gasteiger partial charge in [-0.3, -0.25) is 19.7 Å². The summed E-state index contributed by atoms with van der Waals surface area (Å²) in [6.45, 7) is 1.47. The molecule has 0 radical (unpaired) electrons. The Morgan fingerprint density at radius 2 is 1.67 bits per heavy atom. The molecule has 7 heterocycles. The number of amides is 2. The van der Waals surface area contributed by atoms with Crippen LogP contribution < -0.4 is 20.9 Å². The van der Waals surface area contributed by atoms with Crippen molar-refractivity contribution in [3.8, 4) is 17.0 Å². The largest absolute Gasteiger partial charge is 0.507 e. The van der Waals surface area contributed by atoms with Gasteiger partial charge in [-0.15, -0.1) is 10.2 Å². The molecule has 3 aliphatic rings. The number of para-hydroxylation sites is 1. The summed E-state index contributed by atoms with van der Waals surface area (Å²) in [5, 5.41) is 23.3. The number of benzene rings is 2. The number of phenols is 1. The lowest BCUT2D eigenvalue weighted by atomic mass is 10.0. The van der Waals surface area contributed by atoms with E-state index in [0.717, 1.165) is 84.8 Å². The first-order valence-corrected chi connectivity index (χ1v) is 19.8. The number of piperazine rings is 1. The van der Waals surface area contributed by atoms with Crippen LogP contribution in [0.1, 0.15) is 68.5 Å². The van der Waals surface area contributed by atoms with Gasteiger partial charge in [0.15, 0.2) is 5.82 Å². The van der Waals surface area contributed by atoms with Gasteiger partial charge in [0.1, 0.15) is 23.2 Å². The molecule has 14 heteroatoms. The predicted octanol–water partition coefficient (Wildman–Crippen LogP) is 5.47. The lowest BCUT2D eigenvalue weighted by molar-refractivity contribution is -0.135. The van der Waals surface area contributed by atoms with Gasteiger partial charge < -0.3 is 25.2 Å². The third-order valence-corrected chi connectivity index (χ3v) is 11.7. The molecule has 9 rings (SSSR count). The maximum Gasteiger partial charge on any atom is 0.249 e. The van der Waals surface area contributed by atoms with Crippen LogP contribution in [0.25, 0.3) is 33.2 Å². The number of rotatable bonds is 12. The fourth-order valence-electron chi connectivity index (χ4n) is 8.93. The molecule has 6 aromatic rings. The van der Waals surface area contributed by atoms with Gasteiger partial charge in [0.2, 0.25) is 17.8 Å². The molecule has 0 saturated carbocycles. The van der Waals surface area contributed by atoms with Crippen LogP contribution in [-0.2, 0) is 27.2 Å². The number of pyridine rings is 1. The highest BCUT2D eigenvalue weighted by Gasteiger charge is 2.42. The number of carbonyl (C=O) groups excluding carboxylic acids is 3. The minimum absolute atomic E-state index is 0.145. The Morgan fingerprint density at radius 3 is 2.46 bits per heavy atom. The minimum atomic E-state index is -0.479. The second-order valence-electron chi connectivity index (χ2n) is 15.4. The number of piperidine rings is 1. The maximum atomic E-state index is 13.0. The van der Waals surface area contributed by atoms with Gasteiger partial charge in [-0.05, 0) is 92.1 Å². The van der Waals surface area contributed by atoms with E-state index in [2.05, 4.69) is 48.5 Å². The molecule has 57 heavy (non-hydrogen) atoms. The number of nitrogens with one attached hydrogen (secondary N) is 1. The van der Waals surface area contributed by atoms with Crippen molar-refractivity contribution in [3.63, 3.8) is 0 Å². The average molecular weight is 765 g/mol. The molecule has 290 valence electrons. The van der Waals surface area contributed by atoms with Gasteiger partial charge in [-0.2, -0.15) is 0 Å². The van der Waals surface area contributed by atoms with Crippen LogP contribution >= 0.6 is 0 Å². The lowest BCUT2D eigenvalue weighted by Crippen LogP contribution is -2.54. The Balaban J connectivity index is 0.768. The first kappa shape index (κ1) is 36.2. The number of nitrogen functional groups attached to an aromatic ring is 1. The number of nitrogens with two attached hydrogens (primary N) is 1. The molecule has 14 nitrogen and oxygen atoms in total. The van der Waals surface area contributed by atoms with Crippen LogP contribution in [0.15, 0.2) is 79.3 Å². The number of ketones is 1. The Labute approximate surface area is 329 Å². The normalized spacial score (nSPS) is 19.4. The topological polar surface area (TPSA) is 185 Å². The highest BCUT2D eigenvalue weighted by Crippen LogP contribution is 2.38. The van der Waals surface area contributed by atoms with E-state index in [-0.39, 0.29) is 35.4 Å². The van der Waals surface area contributed by atoms with Crippen LogP contribution in [0.5, 0.6) is 5.75 Å². The Bertz CT molecular complexity index is 2490. The van der Waals surface area contributed by atoms with E-state index in [9.17, 15) is 19.5 Å². The monoisotopic (exact) mass is 764 g/mol. The fraction of sp³-hybridized carbons (Fsp3) is 0.349. The van der Waals surface area contributed by atoms with Gasteiger partial charge in [0.05, 0.1) is 16.9 Å². The van der Waals surface area contributed by atoms with Crippen molar-refractivity contribution < 1.29 is 19.5 Å². The molecule has 0 spiro atoms. The summed E-state index contributed by atoms with van der Waals surface area (Å²) < 4.78 is 1.97. The highest BCUT2D eigenvalue weighted by atomic mass is 16.3. The second-order valence-corrected chi connectivity index (χ2v) is 15.4. The summed E-state index contributed by atoms with van der Waals surface area (Å²) in [5.74, 6) is 0.848. The molecular weight excluding hydrogens is 721 g/mol. The number of anilines is 3. The Kier molecular flexibility index (Phi) is 9.68. The number of imide groups is 1. The Morgan fingerprint density at radius 1 is 0.860 bits per heavy atom. The van der Waals surface area contributed by atoms with Gasteiger partial charge in [-0.25, -0.2) is 15.0 Å². The number of phenolic OH excluding ortho intramolecular Hbond substituents is 1. The number of nitrogens with zero attached hydrogens (tertiary/aromatic N) is 8. The first-order chi connectivity index (χ1) is 27.8. The van der Waals surface area contributed by atoms with E-state index < -0.39 is 6.04 Å². The fourth-order valence-corrected chi connectivity index (χ4v) is 8.93. The molecule has 3 atom stereocenters. The number of carbonyl (C=O) groups is 3. The summed E-state index contributed by atoms with van der Waals surface area (Å²) in [6.07, 6.45) is 12.5.